The average Bonchev–Trinajstić information content (AvgIpc) is 2.95. The third kappa shape index (κ3) is 8.13. The normalized spacial score (nSPS) is 21.1. The van der Waals surface area contributed by atoms with E-state index in [1.807, 2.05) is 27.7 Å². The molecule has 0 radical (unpaired) electrons. The molecule has 30 heavy (non-hydrogen) atoms. The Morgan fingerprint density at radius 1 is 0.967 bits per heavy atom. The van der Waals surface area contributed by atoms with Gasteiger partial charge in [-0.05, 0) is 53.0 Å². The first-order valence-corrected chi connectivity index (χ1v) is 11.3. The number of rotatable bonds is 6. The molecule has 2 aliphatic rings. The van der Waals surface area contributed by atoms with Crippen molar-refractivity contribution < 1.29 is 23.9 Å². The first kappa shape index (κ1) is 24.4. The molecule has 8 nitrogen and oxygen atoms in total. The van der Waals surface area contributed by atoms with Gasteiger partial charge >= 0.3 is 12.1 Å². The van der Waals surface area contributed by atoms with E-state index >= 15 is 0 Å². The highest BCUT2D eigenvalue weighted by molar-refractivity contribution is 5.78. The number of piperidine rings is 1. The van der Waals surface area contributed by atoms with Crippen LogP contribution < -0.4 is 0 Å². The summed E-state index contributed by atoms with van der Waals surface area (Å²) >= 11 is 0. The van der Waals surface area contributed by atoms with Gasteiger partial charge in [0.1, 0.15) is 5.60 Å². The summed E-state index contributed by atoms with van der Waals surface area (Å²) in [5.74, 6) is -0.278. The Kier molecular flexibility index (Phi) is 9.39. The molecular formula is C22H39N3O5. The number of likely N-dealkylation sites (tertiary alicyclic amines) is 1. The molecule has 2 aliphatic heterocycles. The summed E-state index contributed by atoms with van der Waals surface area (Å²) in [6.45, 7) is 13.0. The van der Waals surface area contributed by atoms with Crippen molar-refractivity contribution in [3.63, 3.8) is 0 Å². The van der Waals surface area contributed by atoms with Gasteiger partial charge in [-0.1, -0.05) is 6.92 Å². The lowest BCUT2D eigenvalue weighted by atomic mass is 9.98. The molecule has 0 aliphatic carbocycles. The second-order valence-electron chi connectivity index (χ2n) is 9.22. The minimum atomic E-state index is -0.480. The fourth-order valence-corrected chi connectivity index (χ4v) is 3.90. The first-order valence-electron chi connectivity index (χ1n) is 11.3. The number of carbonyl (C=O) groups excluding carboxylic acids is 3. The van der Waals surface area contributed by atoms with E-state index in [-0.39, 0.29) is 23.9 Å². The van der Waals surface area contributed by atoms with E-state index in [1.54, 1.807) is 9.80 Å². The van der Waals surface area contributed by atoms with E-state index in [9.17, 15) is 14.4 Å². The minimum absolute atomic E-state index is 0.106. The monoisotopic (exact) mass is 425 g/mol. The molecular weight excluding hydrogens is 386 g/mol. The van der Waals surface area contributed by atoms with Crippen molar-refractivity contribution in [2.24, 2.45) is 5.92 Å². The van der Waals surface area contributed by atoms with Gasteiger partial charge in [-0.25, -0.2) is 4.79 Å². The molecule has 2 fully saturated rings. The highest BCUT2D eigenvalue weighted by atomic mass is 16.6. The van der Waals surface area contributed by atoms with E-state index in [0.29, 0.717) is 32.7 Å². The molecule has 0 aromatic rings. The first-order chi connectivity index (χ1) is 14.2. The minimum Gasteiger partial charge on any atom is -0.465 e. The molecule has 2 heterocycles. The Labute approximate surface area is 180 Å². The Balaban J connectivity index is 1.65. The maximum Gasteiger partial charge on any atom is 0.410 e. The number of esters is 1. The zero-order valence-corrected chi connectivity index (χ0v) is 19.2. The van der Waals surface area contributed by atoms with Crippen LogP contribution in [0.1, 0.15) is 59.8 Å². The summed E-state index contributed by atoms with van der Waals surface area (Å²) in [6, 6.07) is 0. The molecule has 8 heteroatoms. The third-order valence-electron chi connectivity index (χ3n) is 5.51. The van der Waals surface area contributed by atoms with Gasteiger partial charge in [0.2, 0.25) is 5.91 Å². The van der Waals surface area contributed by atoms with Gasteiger partial charge < -0.3 is 24.2 Å². The second kappa shape index (κ2) is 11.5. The lowest BCUT2D eigenvalue weighted by molar-refractivity contribution is -0.152. The molecule has 0 aromatic heterocycles. The van der Waals surface area contributed by atoms with E-state index in [2.05, 4.69) is 4.90 Å². The summed E-state index contributed by atoms with van der Waals surface area (Å²) in [7, 11) is 0. The molecule has 2 saturated heterocycles. The van der Waals surface area contributed by atoms with E-state index < -0.39 is 5.60 Å². The predicted molar refractivity (Wildman–Crippen MR) is 114 cm³/mol. The molecule has 0 spiro atoms. The lowest BCUT2D eigenvalue weighted by Gasteiger charge is -2.31. The zero-order valence-electron chi connectivity index (χ0n) is 19.2. The third-order valence-corrected chi connectivity index (χ3v) is 5.51. The smallest absolute Gasteiger partial charge is 0.410 e. The fraction of sp³-hybridized carbons (Fsp3) is 0.864. The topological polar surface area (TPSA) is 79.4 Å². The number of amides is 2. The molecule has 2 amide bonds. The summed E-state index contributed by atoms with van der Waals surface area (Å²) in [5.41, 5.74) is -0.480. The predicted octanol–water partition coefficient (Wildman–Crippen LogP) is 2.51. The molecule has 0 N–H and O–H groups in total. The quantitative estimate of drug-likeness (QED) is 0.481. The van der Waals surface area contributed by atoms with Gasteiger partial charge in [-0.2, -0.15) is 0 Å². The summed E-state index contributed by atoms with van der Waals surface area (Å²) in [4.78, 5) is 42.3. The summed E-state index contributed by atoms with van der Waals surface area (Å²) in [5, 5.41) is 0. The van der Waals surface area contributed by atoms with Crippen LogP contribution in [0.2, 0.25) is 0 Å². The van der Waals surface area contributed by atoms with Crippen LogP contribution in [0.5, 0.6) is 0 Å². The van der Waals surface area contributed by atoms with Crippen LogP contribution in [0.3, 0.4) is 0 Å². The summed E-state index contributed by atoms with van der Waals surface area (Å²) < 4.78 is 11.0. The standard InChI is InChI=1S/C22H39N3O5/c1-5-19(26)25-12-6-9-18(17-25)20(27)29-16-8-11-23-10-7-13-24(15-14-23)21(28)30-22(2,3)4/h18H,5-17H2,1-4H3/t18-/m0/s1. The van der Waals surface area contributed by atoms with Gasteiger partial charge in [-0.3, -0.25) is 9.59 Å². The number of hydrogen-bond acceptors (Lipinski definition) is 6. The number of ether oxygens (including phenoxy) is 2. The van der Waals surface area contributed by atoms with Crippen LogP contribution >= 0.6 is 0 Å². The molecule has 2 rings (SSSR count). The molecule has 0 saturated carbocycles. The number of nitrogens with zero attached hydrogens (tertiary/aromatic N) is 3. The highest BCUT2D eigenvalue weighted by Gasteiger charge is 2.29. The van der Waals surface area contributed by atoms with Crippen molar-refractivity contribution >= 4 is 18.0 Å². The van der Waals surface area contributed by atoms with Crippen LogP contribution in [0.15, 0.2) is 0 Å². The molecule has 1 atom stereocenters. The van der Waals surface area contributed by atoms with Crippen molar-refractivity contribution in [1.29, 1.82) is 0 Å². The zero-order chi connectivity index (χ0) is 22.1. The van der Waals surface area contributed by atoms with E-state index in [4.69, 9.17) is 9.47 Å². The molecule has 172 valence electrons. The van der Waals surface area contributed by atoms with Gasteiger partial charge in [0.05, 0.1) is 12.5 Å². The van der Waals surface area contributed by atoms with E-state index in [1.165, 1.54) is 0 Å². The van der Waals surface area contributed by atoms with Gasteiger partial charge in [0.25, 0.3) is 0 Å². The average molecular weight is 426 g/mol. The van der Waals surface area contributed by atoms with Gasteiger partial charge in [-0.15, -0.1) is 0 Å². The maximum atomic E-state index is 12.4. The van der Waals surface area contributed by atoms with Crippen molar-refractivity contribution in [1.82, 2.24) is 14.7 Å². The number of hydrogen-bond donors (Lipinski definition) is 0. The SMILES string of the molecule is CCC(=O)N1CCC[C@H](C(=O)OCCCN2CCCN(C(=O)OC(C)(C)C)CC2)C1. The van der Waals surface area contributed by atoms with Crippen molar-refractivity contribution in [2.75, 3.05) is 52.4 Å². The molecule has 0 bridgehead atoms. The van der Waals surface area contributed by atoms with Gasteiger partial charge in [0, 0.05) is 45.7 Å². The fourth-order valence-electron chi connectivity index (χ4n) is 3.90. The van der Waals surface area contributed by atoms with Crippen LogP contribution in [0.25, 0.3) is 0 Å². The van der Waals surface area contributed by atoms with Crippen molar-refractivity contribution in [3.8, 4) is 0 Å². The van der Waals surface area contributed by atoms with Crippen LogP contribution in [-0.4, -0.2) is 90.7 Å². The Hall–Kier alpha value is -1.83. The van der Waals surface area contributed by atoms with Crippen molar-refractivity contribution in [3.05, 3.63) is 0 Å². The van der Waals surface area contributed by atoms with Crippen LogP contribution in [-0.2, 0) is 19.1 Å². The molecule has 0 aromatic carbocycles. The van der Waals surface area contributed by atoms with Crippen LogP contribution in [0, 0.1) is 5.92 Å². The highest BCUT2D eigenvalue weighted by Crippen LogP contribution is 2.19. The van der Waals surface area contributed by atoms with Gasteiger partial charge in [0.15, 0.2) is 0 Å². The maximum absolute atomic E-state index is 12.4. The van der Waals surface area contributed by atoms with E-state index in [0.717, 1.165) is 51.9 Å². The Morgan fingerprint density at radius 2 is 1.70 bits per heavy atom. The second-order valence-corrected chi connectivity index (χ2v) is 9.22. The van der Waals surface area contributed by atoms with Crippen molar-refractivity contribution in [2.45, 2.75) is 65.4 Å². The van der Waals surface area contributed by atoms with Crippen LogP contribution in [0.4, 0.5) is 4.79 Å². The number of carbonyl (C=O) groups is 3. The Bertz CT molecular complexity index is 590. The summed E-state index contributed by atoms with van der Waals surface area (Å²) in [6.07, 6.45) is 3.54. The largest absolute Gasteiger partial charge is 0.465 e. The Morgan fingerprint density at radius 3 is 2.40 bits per heavy atom. The molecule has 0 unspecified atom stereocenters. The lowest BCUT2D eigenvalue weighted by Crippen LogP contribution is -2.42.